The van der Waals surface area contributed by atoms with E-state index >= 15 is 0 Å². The molecule has 2 rings (SSSR count). The van der Waals surface area contributed by atoms with E-state index in [1.807, 2.05) is 0 Å². The van der Waals surface area contributed by atoms with Crippen molar-refractivity contribution in [2.24, 2.45) is 7.05 Å². The molecular weight excluding hydrogens is 305 g/mol. The molecule has 0 aliphatic carbocycles. The first-order chi connectivity index (χ1) is 9.22. The molecule has 0 atom stereocenters. The molecule has 0 saturated carbocycles. The van der Waals surface area contributed by atoms with E-state index in [-0.39, 0.29) is 15.6 Å². The van der Waals surface area contributed by atoms with Gasteiger partial charge < -0.3 is 0 Å². The molecule has 0 unspecified atom stereocenters. The van der Waals surface area contributed by atoms with Gasteiger partial charge in [0.25, 0.3) is 10.0 Å². The fourth-order valence-electron chi connectivity index (χ4n) is 1.91. The van der Waals surface area contributed by atoms with Crippen LogP contribution in [0.25, 0.3) is 0 Å². The van der Waals surface area contributed by atoms with Crippen molar-refractivity contribution in [3.05, 3.63) is 40.4 Å². The standard InChI is InChI=1S/C12H13ClFN3O2S/c1-7-12(8(2)17(3)15-7)20(18,19)16-11-6-9(13)4-5-10(11)14/h4-6,16H,1-3H3. The highest BCUT2D eigenvalue weighted by Gasteiger charge is 2.24. The third-order valence-corrected chi connectivity index (χ3v) is 4.74. The quantitative estimate of drug-likeness (QED) is 0.946. The van der Waals surface area contributed by atoms with Gasteiger partial charge in [0.15, 0.2) is 0 Å². The van der Waals surface area contributed by atoms with Crippen molar-refractivity contribution >= 4 is 27.3 Å². The zero-order chi connectivity index (χ0) is 15.1. The molecule has 8 heteroatoms. The Bertz CT molecular complexity index is 771. The van der Waals surface area contributed by atoms with Crippen molar-refractivity contribution in [2.75, 3.05) is 4.72 Å². The number of halogens is 2. The summed E-state index contributed by atoms with van der Waals surface area (Å²) in [5.41, 5.74) is 0.623. The molecule has 0 aliphatic heterocycles. The number of sulfonamides is 1. The van der Waals surface area contributed by atoms with E-state index in [0.29, 0.717) is 11.4 Å². The van der Waals surface area contributed by atoms with Crippen LogP contribution in [0.15, 0.2) is 23.1 Å². The fraction of sp³-hybridized carbons (Fsp3) is 0.250. The van der Waals surface area contributed by atoms with Crippen LogP contribution in [-0.2, 0) is 17.1 Å². The van der Waals surface area contributed by atoms with Crippen LogP contribution < -0.4 is 4.72 Å². The molecule has 5 nitrogen and oxygen atoms in total. The number of aryl methyl sites for hydroxylation is 2. The fourth-order valence-corrected chi connectivity index (χ4v) is 3.59. The molecule has 1 aromatic heterocycles. The van der Waals surface area contributed by atoms with Gasteiger partial charge in [0.2, 0.25) is 0 Å². The summed E-state index contributed by atoms with van der Waals surface area (Å²) in [5, 5.41) is 4.28. The Morgan fingerprint density at radius 2 is 2.00 bits per heavy atom. The SMILES string of the molecule is Cc1nn(C)c(C)c1S(=O)(=O)Nc1cc(Cl)ccc1F. The maximum Gasteiger partial charge on any atom is 0.265 e. The van der Waals surface area contributed by atoms with Crippen LogP contribution in [-0.4, -0.2) is 18.2 Å². The molecule has 0 saturated heterocycles. The van der Waals surface area contributed by atoms with Crippen molar-refractivity contribution in [2.45, 2.75) is 18.7 Å². The summed E-state index contributed by atoms with van der Waals surface area (Å²) in [4.78, 5) is 0.0411. The number of hydrogen-bond acceptors (Lipinski definition) is 3. The topological polar surface area (TPSA) is 64.0 Å². The first kappa shape index (κ1) is 14.8. The Morgan fingerprint density at radius 3 is 2.55 bits per heavy atom. The molecule has 0 fully saturated rings. The van der Waals surface area contributed by atoms with Gasteiger partial charge in [0.1, 0.15) is 10.7 Å². The Labute approximate surface area is 121 Å². The largest absolute Gasteiger partial charge is 0.276 e. The maximum atomic E-state index is 13.6. The highest BCUT2D eigenvalue weighted by Crippen LogP contribution is 2.25. The van der Waals surface area contributed by atoms with Crippen molar-refractivity contribution in [1.82, 2.24) is 9.78 Å². The van der Waals surface area contributed by atoms with Gasteiger partial charge in [0, 0.05) is 12.1 Å². The second-order valence-electron chi connectivity index (χ2n) is 4.35. The number of anilines is 1. The molecule has 0 radical (unpaired) electrons. The summed E-state index contributed by atoms with van der Waals surface area (Å²) < 4.78 is 42.0. The third-order valence-electron chi connectivity index (χ3n) is 2.88. The van der Waals surface area contributed by atoms with Gasteiger partial charge in [-0.1, -0.05) is 11.6 Å². The molecule has 1 aromatic carbocycles. The van der Waals surface area contributed by atoms with E-state index in [0.717, 1.165) is 6.07 Å². The monoisotopic (exact) mass is 317 g/mol. The highest BCUT2D eigenvalue weighted by molar-refractivity contribution is 7.92. The van der Waals surface area contributed by atoms with E-state index in [4.69, 9.17) is 11.6 Å². The highest BCUT2D eigenvalue weighted by atomic mass is 35.5. The second kappa shape index (κ2) is 5.06. The first-order valence-corrected chi connectivity index (χ1v) is 7.56. The van der Waals surface area contributed by atoms with Crippen LogP contribution >= 0.6 is 11.6 Å². The lowest BCUT2D eigenvalue weighted by atomic mass is 10.3. The average Bonchev–Trinajstić information content (AvgIpc) is 2.58. The van der Waals surface area contributed by atoms with E-state index in [9.17, 15) is 12.8 Å². The van der Waals surface area contributed by atoms with Gasteiger partial charge in [-0.05, 0) is 32.0 Å². The molecular formula is C12H13ClFN3O2S. The summed E-state index contributed by atoms with van der Waals surface area (Å²) in [6.45, 7) is 3.21. The average molecular weight is 318 g/mol. The first-order valence-electron chi connectivity index (χ1n) is 5.70. The maximum absolute atomic E-state index is 13.6. The molecule has 20 heavy (non-hydrogen) atoms. The molecule has 108 valence electrons. The van der Waals surface area contributed by atoms with E-state index < -0.39 is 15.8 Å². The van der Waals surface area contributed by atoms with Crippen molar-refractivity contribution < 1.29 is 12.8 Å². The Hall–Kier alpha value is -1.60. The predicted octanol–water partition coefficient (Wildman–Crippen LogP) is 2.63. The van der Waals surface area contributed by atoms with Gasteiger partial charge in [-0.15, -0.1) is 0 Å². The Morgan fingerprint density at radius 1 is 1.35 bits per heavy atom. The van der Waals surface area contributed by atoms with Gasteiger partial charge >= 0.3 is 0 Å². The van der Waals surface area contributed by atoms with Crippen LogP contribution in [0.3, 0.4) is 0 Å². The smallest absolute Gasteiger partial charge is 0.265 e. The molecule has 0 bridgehead atoms. The van der Waals surface area contributed by atoms with E-state index in [2.05, 4.69) is 9.82 Å². The van der Waals surface area contributed by atoms with Crippen LogP contribution in [0.4, 0.5) is 10.1 Å². The van der Waals surface area contributed by atoms with Gasteiger partial charge in [-0.3, -0.25) is 9.40 Å². The number of nitrogens with zero attached hydrogens (tertiary/aromatic N) is 2. The number of hydrogen-bond donors (Lipinski definition) is 1. The molecule has 2 aromatic rings. The van der Waals surface area contributed by atoms with Gasteiger partial charge in [-0.2, -0.15) is 5.10 Å². The summed E-state index contributed by atoms with van der Waals surface area (Å²) in [6.07, 6.45) is 0. The second-order valence-corrected chi connectivity index (χ2v) is 6.41. The minimum absolute atomic E-state index is 0.0411. The lowest BCUT2D eigenvalue weighted by Crippen LogP contribution is -2.15. The van der Waals surface area contributed by atoms with Crippen molar-refractivity contribution in [3.8, 4) is 0 Å². The van der Waals surface area contributed by atoms with Crippen molar-refractivity contribution in [1.29, 1.82) is 0 Å². The number of nitrogens with one attached hydrogen (secondary N) is 1. The van der Waals surface area contributed by atoms with Crippen LogP contribution in [0.5, 0.6) is 0 Å². The molecule has 0 amide bonds. The minimum Gasteiger partial charge on any atom is -0.276 e. The number of rotatable bonds is 3. The zero-order valence-electron chi connectivity index (χ0n) is 11.1. The molecule has 1 heterocycles. The Balaban J connectivity index is 2.49. The summed E-state index contributed by atoms with van der Waals surface area (Å²) >= 11 is 5.74. The molecule has 1 N–H and O–H groups in total. The molecule has 0 spiro atoms. The lowest BCUT2D eigenvalue weighted by molar-refractivity contribution is 0.597. The van der Waals surface area contributed by atoms with Crippen LogP contribution in [0, 0.1) is 19.7 Å². The summed E-state index contributed by atoms with van der Waals surface area (Å²) in [6, 6.07) is 3.66. The lowest BCUT2D eigenvalue weighted by Gasteiger charge is -2.09. The molecule has 0 aliphatic rings. The van der Waals surface area contributed by atoms with Gasteiger partial charge in [0.05, 0.1) is 17.1 Å². The van der Waals surface area contributed by atoms with Crippen LogP contribution in [0.2, 0.25) is 5.02 Å². The summed E-state index contributed by atoms with van der Waals surface area (Å²) in [5.74, 6) is -0.697. The normalized spacial score (nSPS) is 11.7. The number of aromatic nitrogens is 2. The Kier molecular flexibility index (Phi) is 3.75. The number of benzene rings is 1. The van der Waals surface area contributed by atoms with Gasteiger partial charge in [-0.25, -0.2) is 12.8 Å². The minimum atomic E-state index is -3.93. The van der Waals surface area contributed by atoms with E-state index in [1.165, 1.54) is 16.8 Å². The third kappa shape index (κ3) is 2.64. The zero-order valence-corrected chi connectivity index (χ0v) is 12.7. The van der Waals surface area contributed by atoms with E-state index in [1.54, 1.807) is 20.9 Å². The predicted molar refractivity (Wildman–Crippen MR) is 74.9 cm³/mol. The summed E-state index contributed by atoms with van der Waals surface area (Å²) in [7, 11) is -2.28. The van der Waals surface area contributed by atoms with Crippen LogP contribution in [0.1, 0.15) is 11.4 Å². The van der Waals surface area contributed by atoms with Crippen molar-refractivity contribution in [3.63, 3.8) is 0 Å².